The van der Waals surface area contributed by atoms with Crippen LogP contribution in [-0.4, -0.2) is 34.6 Å². The SMILES string of the molecule is COc1cc(C(=O)CC[C@](C)(O)c2cc3c(c(-c4ccc(F)cc4)n2)OC[C@]3(C)N)cc2cccnc12. The molecule has 0 saturated carbocycles. The van der Waals surface area contributed by atoms with Crippen LogP contribution in [0.1, 0.15) is 48.3 Å². The van der Waals surface area contributed by atoms with Gasteiger partial charge in [0.2, 0.25) is 0 Å². The van der Waals surface area contributed by atoms with Crippen molar-refractivity contribution in [2.45, 2.75) is 37.8 Å². The van der Waals surface area contributed by atoms with E-state index in [0.29, 0.717) is 45.1 Å². The molecule has 0 radical (unpaired) electrons. The maximum absolute atomic E-state index is 13.6. The monoisotopic (exact) mass is 501 g/mol. The minimum absolute atomic E-state index is 0.0724. The zero-order valence-electron chi connectivity index (χ0n) is 20.9. The predicted molar refractivity (Wildman–Crippen MR) is 138 cm³/mol. The largest absolute Gasteiger partial charge is 0.494 e. The Morgan fingerprint density at radius 1 is 1.24 bits per heavy atom. The van der Waals surface area contributed by atoms with Crippen LogP contribution in [0.4, 0.5) is 4.39 Å². The van der Waals surface area contributed by atoms with Gasteiger partial charge >= 0.3 is 0 Å². The van der Waals surface area contributed by atoms with E-state index in [2.05, 4.69) is 4.98 Å². The first-order valence-corrected chi connectivity index (χ1v) is 12.0. The molecule has 0 fully saturated rings. The fraction of sp³-hybridized carbons (Fsp3) is 0.276. The lowest BCUT2D eigenvalue weighted by atomic mass is 9.88. The van der Waals surface area contributed by atoms with E-state index in [9.17, 15) is 14.3 Å². The summed E-state index contributed by atoms with van der Waals surface area (Å²) in [4.78, 5) is 22.2. The number of rotatable bonds is 7. The number of carbonyl (C=O) groups excluding carboxylic acids is 1. The third-order valence-electron chi connectivity index (χ3n) is 6.82. The van der Waals surface area contributed by atoms with Crippen molar-refractivity contribution in [1.29, 1.82) is 0 Å². The van der Waals surface area contributed by atoms with Gasteiger partial charge in [0.1, 0.15) is 35.0 Å². The fourth-order valence-electron chi connectivity index (χ4n) is 4.59. The molecular formula is C29H28FN3O4. The molecule has 3 heterocycles. The highest BCUT2D eigenvalue weighted by Crippen LogP contribution is 2.44. The quantitative estimate of drug-likeness (QED) is 0.348. The molecule has 1 aliphatic rings. The van der Waals surface area contributed by atoms with Gasteiger partial charge in [0, 0.05) is 34.7 Å². The molecule has 0 unspecified atom stereocenters. The van der Waals surface area contributed by atoms with E-state index in [1.165, 1.54) is 19.2 Å². The highest BCUT2D eigenvalue weighted by molar-refractivity contribution is 6.01. The minimum atomic E-state index is -1.44. The van der Waals surface area contributed by atoms with Gasteiger partial charge in [-0.1, -0.05) is 6.07 Å². The van der Waals surface area contributed by atoms with Gasteiger partial charge in [-0.15, -0.1) is 0 Å². The number of carbonyl (C=O) groups is 1. The molecule has 0 spiro atoms. The van der Waals surface area contributed by atoms with Gasteiger partial charge in [0.05, 0.1) is 18.3 Å². The van der Waals surface area contributed by atoms with Crippen molar-refractivity contribution in [3.63, 3.8) is 0 Å². The van der Waals surface area contributed by atoms with Crippen molar-refractivity contribution < 1.29 is 23.8 Å². The second-order valence-electron chi connectivity index (χ2n) is 9.90. The molecule has 3 N–H and O–H groups in total. The van der Waals surface area contributed by atoms with E-state index in [-0.39, 0.29) is 31.0 Å². The molecule has 5 rings (SSSR count). The zero-order valence-corrected chi connectivity index (χ0v) is 20.9. The third-order valence-corrected chi connectivity index (χ3v) is 6.82. The summed E-state index contributed by atoms with van der Waals surface area (Å²) in [6, 6.07) is 14.8. The molecule has 2 aromatic heterocycles. The van der Waals surface area contributed by atoms with Crippen LogP contribution >= 0.6 is 0 Å². The summed E-state index contributed by atoms with van der Waals surface area (Å²) in [5.41, 5.74) is 7.58. The summed E-state index contributed by atoms with van der Waals surface area (Å²) in [5, 5.41) is 12.3. The molecule has 2 aromatic carbocycles. The number of pyridine rings is 2. The van der Waals surface area contributed by atoms with Crippen molar-refractivity contribution in [1.82, 2.24) is 9.97 Å². The Morgan fingerprint density at radius 2 is 2.00 bits per heavy atom. The van der Waals surface area contributed by atoms with Crippen LogP contribution < -0.4 is 15.2 Å². The number of methoxy groups -OCH3 is 1. The molecule has 2 atom stereocenters. The minimum Gasteiger partial charge on any atom is -0.494 e. The van der Waals surface area contributed by atoms with Gasteiger partial charge < -0.3 is 20.3 Å². The van der Waals surface area contributed by atoms with Gasteiger partial charge in [-0.25, -0.2) is 9.37 Å². The Bertz CT molecular complexity index is 1500. The van der Waals surface area contributed by atoms with Crippen LogP contribution in [-0.2, 0) is 11.1 Å². The first kappa shape index (κ1) is 24.8. The number of benzene rings is 2. The van der Waals surface area contributed by atoms with Crippen LogP contribution in [0.15, 0.2) is 60.8 Å². The van der Waals surface area contributed by atoms with Crippen molar-refractivity contribution in [2.24, 2.45) is 5.73 Å². The van der Waals surface area contributed by atoms with Gasteiger partial charge in [0.25, 0.3) is 0 Å². The van der Waals surface area contributed by atoms with E-state index >= 15 is 0 Å². The lowest BCUT2D eigenvalue weighted by Crippen LogP contribution is -2.35. The number of ketones is 1. The van der Waals surface area contributed by atoms with Crippen LogP contribution in [0, 0.1) is 5.82 Å². The molecule has 1 aliphatic heterocycles. The van der Waals surface area contributed by atoms with Gasteiger partial charge in [-0.05, 0) is 68.8 Å². The molecule has 190 valence electrons. The summed E-state index contributed by atoms with van der Waals surface area (Å²) in [6.45, 7) is 3.72. The predicted octanol–water partition coefficient (Wildman–Crippen LogP) is 4.88. The van der Waals surface area contributed by atoms with Gasteiger partial charge in [0.15, 0.2) is 11.5 Å². The van der Waals surface area contributed by atoms with E-state index in [4.69, 9.17) is 20.2 Å². The van der Waals surface area contributed by atoms with Crippen molar-refractivity contribution in [3.05, 3.63) is 83.4 Å². The number of fused-ring (bicyclic) bond motifs is 2. The molecule has 0 aliphatic carbocycles. The van der Waals surface area contributed by atoms with Crippen molar-refractivity contribution >= 4 is 16.7 Å². The second kappa shape index (κ2) is 9.21. The molecule has 8 heteroatoms. The van der Waals surface area contributed by atoms with Gasteiger partial charge in [-0.2, -0.15) is 0 Å². The summed E-state index contributed by atoms with van der Waals surface area (Å²) in [6.07, 6.45) is 1.86. The van der Waals surface area contributed by atoms with Crippen LogP contribution in [0.2, 0.25) is 0 Å². The van der Waals surface area contributed by atoms with Gasteiger partial charge in [-0.3, -0.25) is 9.78 Å². The maximum Gasteiger partial charge on any atom is 0.163 e. The number of hydrogen-bond donors (Lipinski definition) is 2. The molecule has 37 heavy (non-hydrogen) atoms. The first-order chi connectivity index (χ1) is 17.6. The van der Waals surface area contributed by atoms with E-state index in [1.54, 1.807) is 49.5 Å². The van der Waals surface area contributed by atoms with Crippen molar-refractivity contribution in [3.8, 4) is 22.8 Å². The first-order valence-electron chi connectivity index (χ1n) is 12.0. The fourth-order valence-corrected chi connectivity index (χ4v) is 4.59. The van der Waals surface area contributed by atoms with E-state index < -0.39 is 11.1 Å². The summed E-state index contributed by atoms with van der Waals surface area (Å²) >= 11 is 0. The topological polar surface area (TPSA) is 108 Å². The smallest absolute Gasteiger partial charge is 0.163 e. The Balaban J connectivity index is 1.46. The highest BCUT2D eigenvalue weighted by atomic mass is 19.1. The van der Waals surface area contributed by atoms with Crippen molar-refractivity contribution in [2.75, 3.05) is 13.7 Å². The van der Waals surface area contributed by atoms with E-state index in [0.717, 1.165) is 5.39 Å². The lowest BCUT2D eigenvalue weighted by molar-refractivity contribution is 0.0396. The molecule has 0 bridgehead atoms. The summed E-state index contributed by atoms with van der Waals surface area (Å²) < 4.78 is 24.9. The number of aromatic nitrogens is 2. The second-order valence-corrected chi connectivity index (χ2v) is 9.90. The number of aliphatic hydroxyl groups is 1. The average Bonchev–Trinajstić information content (AvgIpc) is 3.21. The van der Waals surface area contributed by atoms with E-state index in [1.807, 2.05) is 13.0 Å². The molecule has 4 aromatic rings. The number of nitrogens with two attached hydrogens (primary N) is 1. The zero-order chi connectivity index (χ0) is 26.4. The van der Waals surface area contributed by atoms with Crippen LogP contribution in [0.25, 0.3) is 22.2 Å². The molecule has 7 nitrogen and oxygen atoms in total. The number of Topliss-reactive ketones (excluding diaryl/α,β-unsaturated/α-hetero) is 1. The average molecular weight is 502 g/mol. The highest BCUT2D eigenvalue weighted by Gasteiger charge is 2.38. The van der Waals surface area contributed by atoms with Crippen LogP contribution in [0.3, 0.4) is 0 Å². The molecule has 0 amide bonds. The Morgan fingerprint density at radius 3 is 2.73 bits per heavy atom. The Labute approximate surface area is 214 Å². The third kappa shape index (κ3) is 4.65. The number of nitrogens with zero attached hydrogens (tertiary/aromatic N) is 2. The number of hydrogen-bond acceptors (Lipinski definition) is 7. The molecular weight excluding hydrogens is 473 g/mol. The standard InChI is InChI=1S/C29H28FN3O4/c1-28(31)16-37-27-21(28)15-24(33-26(27)17-6-8-20(30)9-7-17)29(2,35)11-10-22(34)19-13-18-5-4-12-32-25(18)23(14-19)36-3/h4-9,12-15,35H,10-11,16,31H2,1-3H3/t28-,29-/m0/s1. The maximum atomic E-state index is 13.6. The number of ether oxygens (including phenoxy) is 2. The number of halogens is 1. The molecule has 0 saturated heterocycles. The normalized spacial score (nSPS) is 18.2. The Hall–Kier alpha value is -3.88. The Kier molecular flexibility index (Phi) is 6.17. The lowest BCUT2D eigenvalue weighted by Gasteiger charge is -2.25. The summed E-state index contributed by atoms with van der Waals surface area (Å²) in [7, 11) is 1.54. The van der Waals surface area contributed by atoms with Crippen LogP contribution in [0.5, 0.6) is 11.5 Å². The summed E-state index contributed by atoms with van der Waals surface area (Å²) in [5.74, 6) is 0.521.